The van der Waals surface area contributed by atoms with Gasteiger partial charge >= 0.3 is 12.1 Å². The number of carbonyl (C=O) groups excluding carboxylic acids is 1. The Balaban J connectivity index is 2.70. The number of aliphatic carboxylic acids is 1. The molecule has 0 saturated carbocycles. The Kier molecular flexibility index (Phi) is 5.72. The molecule has 0 aliphatic rings. The fourth-order valence-corrected chi connectivity index (χ4v) is 1.70. The van der Waals surface area contributed by atoms with Crippen LogP contribution in [-0.4, -0.2) is 34.4 Å². The van der Waals surface area contributed by atoms with Crippen molar-refractivity contribution in [2.45, 2.75) is 38.9 Å². The third-order valence-corrected chi connectivity index (χ3v) is 2.71. The molecule has 0 bridgehead atoms. The summed E-state index contributed by atoms with van der Waals surface area (Å²) in [6.07, 6.45) is -0.652. The number of hydrogen-bond acceptors (Lipinski definition) is 4. The number of carboxylic acid groups (broad SMARTS) is 1. The quantitative estimate of drug-likeness (QED) is 0.770. The third-order valence-electron chi connectivity index (χ3n) is 2.71. The molecule has 1 aromatic carbocycles. The van der Waals surface area contributed by atoms with Gasteiger partial charge in [-0.15, -0.1) is 0 Å². The topological polar surface area (TPSA) is 95.9 Å². The van der Waals surface area contributed by atoms with Gasteiger partial charge in [0.1, 0.15) is 5.60 Å². The van der Waals surface area contributed by atoms with Crippen molar-refractivity contribution in [3.63, 3.8) is 0 Å². The van der Waals surface area contributed by atoms with Crippen molar-refractivity contribution in [1.82, 2.24) is 5.32 Å². The van der Waals surface area contributed by atoms with Gasteiger partial charge in [0.15, 0.2) is 0 Å². The number of aliphatic hydroxyl groups excluding tert-OH is 1. The molecule has 116 valence electrons. The highest BCUT2D eigenvalue weighted by Gasteiger charge is 2.22. The van der Waals surface area contributed by atoms with Crippen LogP contribution in [0.4, 0.5) is 4.79 Å². The zero-order valence-corrected chi connectivity index (χ0v) is 12.4. The summed E-state index contributed by atoms with van der Waals surface area (Å²) in [5.74, 6) is -1.91. The minimum Gasteiger partial charge on any atom is -0.481 e. The van der Waals surface area contributed by atoms with E-state index in [1.165, 1.54) is 0 Å². The molecule has 0 aromatic heterocycles. The first kappa shape index (κ1) is 17.0. The summed E-state index contributed by atoms with van der Waals surface area (Å²) in [5, 5.41) is 20.7. The number of aliphatic hydroxyl groups is 1. The molecule has 0 fully saturated rings. The zero-order chi connectivity index (χ0) is 16.0. The predicted molar refractivity (Wildman–Crippen MR) is 77.0 cm³/mol. The van der Waals surface area contributed by atoms with E-state index < -0.39 is 23.6 Å². The van der Waals surface area contributed by atoms with Crippen molar-refractivity contribution >= 4 is 12.1 Å². The number of nitrogens with one attached hydrogen (secondary N) is 1. The molecule has 0 aliphatic heterocycles. The first-order valence-electron chi connectivity index (χ1n) is 6.62. The molecule has 0 radical (unpaired) electrons. The standard InChI is InChI=1S/C15H21NO5/c1-15(2,3)21-14(20)16-8-12(13(18)19)11-6-4-10(9-17)5-7-11/h4-7,12,17H,8-9H2,1-3H3,(H,16,20)(H,18,19)/t12-/m0/s1. The number of carbonyl (C=O) groups is 2. The first-order valence-corrected chi connectivity index (χ1v) is 6.62. The van der Waals surface area contributed by atoms with Gasteiger partial charge < -0.3 is 20.3 Å². The summed E-state index contributed by atoms with van der Waals surface area (Å²) >= 11 is 0. The molecule has 1 rings (SSSR count). The molecule has 1 aromatic rings. The van der Waals surface area contributed by atoms with E-state index in [-0.39, 0.29) is 13.2 Å². The maximum absolute atomic E-state index is 11.6. The van der Waals surface area contributed by atoms with Gasteiger partial charge in [0, 0.05) is 6.54 Å². The maximum Gasteiger partial charge on any atom is 0.407 e. The van der Waals surface area contributed by atoms with Crippen LogP contribution in [0.5, 0.6) is 0 Å². The predicted octanol–water partition coefficient (Wildman–Crippen LogP) is 1.87. The lowest BCUT2D eigenvalue weighted by Crippen LogP contribution is -2.36. The number of rotatable bonds is 5. The monoisotopic (exact) mass is 295 g/mol. The number of ether oxygens (including phenoxy) is 1. The number of hydrogen-bond donors (Lipinski definition) is 3. The Morgan fingerprint density at radius 1 is 1.24 bits per heavy atom. The fourth-order valence-electron chi connectivity index (χ4n) is 1.70. The van der Waals surface area contributed by atoms with Crippen LogP contribution in [0.1, 0.15) is 37.8 Å². The lowest BCUT2D eigenvalue weighted by molar-refractivity contribution is -0.138. The van der Waals surface area contributed by atoms with Crippen LogP contribution in [0.25, 0.3) is 0 Å². The molecule has 6 nitrogen and oxygen atoms in total. The molecule has 0 spiro atoms. The number of alkyl carbamates (subject to hydrolysis) is 1. The van der Waals surface area contributed by atoms with Crippen LogP contribution >= 0.6 is 0 Å². The van der Waals surface area contributed by atoms with Gasteiger partial charge in [0.05, 0.1) is 12.5 Å². The summed E-state index contributed by atoms with van der Waals surface area (Å²) < 4.78 is 5.06. The van der Waals surface area contributed by atoms with Gasteiger partial charge in [-0.05, 0) is 31.9 Å². The lowest BCUT2D eigenvalue weighted by atomic mass is 9.98. The second-order valence-electron chi connectivity index (χ2n) is 5.67. The minimum atomic E-state index is -1.04. The van der Waals surface area contributed by atoms with Crippen molar-refractivity contribution in [2.24, 2.45) is 0 Å². The Hall–Kier alpha value is -2.08. The van der Waals surface area contributed by atoms with Crippen molar-refractivity contribution in [3.8, 4) is 0 Å². The maximum atomic E-state index is 11.6. The van der Waals surface area contributed by atoms with E-state index in [2.05, 4.69) is 5.32 Å². The van der Waals surface area contributed by atoms with Gasteiger partial charge in [0.25, 0.3) is 0 Å². The Morgan fingerprint density at radius 2 is 1.81 bits per heavy atom. The van der Waals surface area contributed by atoms with Crippen molar-refractivity contribution in [2.75, 3.05) is 6.54 Å². The number of carboxylic acids is 1. The van der Waals surface area contributed by atoms with Crippen LogP contribution in [0, 0.1) is 0 Å². The van der Waals surface area contributed by atoms with Crippen LogP contribution in [0.2, 0.25) is 0 Å². The molecule has 0 heterocycles. The number of amides is 1. The first-order chi connectivity index (χ1) is 9.73. The normalized spacial score (nSPS) is 12.6. The number of benzene rings is 1. The van der Waals surface area contributed by atoms with Crippen LogP contribution in [0.15, 0.2) is 24.3 Å². The molecule has 21 heavy (non-hydrogen) atoms. The zero-order valence-electron chi connectivity index (χ0n) is 12.4. The highest BCUT2D eigenvalue weighted by Crippen LogP contribution is 2.17. The van der Waals surface area contributed by atoms with E-state index in [1.807, 2.05) is 0 Å². The summed E-state index contributed by atoms with van der Waals surface area (Å²) in [5.41, 5.74) is 0.615. The molecule has 3 N–H and O–H groups in total. The van der Waals surface area contributed by atoms with E-state index in [0.29, 0.717) is 11.1 Å². The average Bonchev–Trinajstić information content (AvgIpc) is 2.37. The largest absolute Gasteiger partial charge is 0.481 e. The van der Waals surface area contributed by atoms with E-state index in [9.17, 15) is 14.7 Å². The minimum absolute atomic E-state index is 0.0667. The fraction of sp³-hybridized carbons (Fsp3) is 0.467. The Morgan fingerprint density at radius 3 is 2.24 bits per heavy atom. The molecular weight excluding hydrogens is 274 g/mol. The smallest absolute Gasteiger partial charge is 0.407 e. The van der Waals surface area contributed by atoms with Crippen LogP contribution in [0.3, 0.4) is 0 Å². The van der Waals surface area contributed by atoms with E-state index in [1.54, 1.807) is 45.0 Å². The van der Waals surface area contributed by atoms with Gasteiger partial charge in [0.2, 0.25) is 0 Å². The molecule has 0 saturated heterocycles. The van der Waals surface area contributed by atoms with Crippen molar-refractivity contribution in [1.29, 1.82) is 0 Å². The molecular formula is C15H21NO5. The SMILES string of the molecule is CC(C)(C)OC(=O)NC[C@H](C(=O)O)c1ccc(CO)cc1. The molecule has 1 amide bonds. The second-order valence-corrected chi connectivity index (χ2v) is 5.67. The average molecular weight is 295 g/mol. The van der Waals surface area contributed by atoms with E-state index in [4.69, 9.17) is 9.84 Å². The highest BCUT2D eigenvalue weighted by molar-refractivity contribution is 5.77. The van der Waals surface area contributed by atoms with Crippen LogP contribution < -0.4 is 5.32 Å². The van der Waals surface area contributed by atoms with Crippen molar-refractivity contribution in [3.05, 3.63) is 35.4 Å². The molecule has 0 unspecified atom stereocenters. The summed E-state index contributed by atoms with van der Waals surface area (Å²) in [7, 11) is 0. The van der Waals surface area contributed by atoms with Crippen LogP contribution in [-0.2, 0) is 16.1 Å². The van der Waals surface area contributed by atoms with Crippen molar-refractivity contribution < 1.29 is 24.5 Å². The molecule has 6 heteroatoms. The molecule has 0 aliphatic carbocycles. The van der Waals surface area contributed by atoms with Gasteiger partial charge in [-0.3, -0.25) is 4.79 Å². The van der Waals surface area contributed by atoms with E-state index in [0.717, 1.165) is 0 Å². The Bertz CT molecular complexity index is 490. The second kappa shape index (κ2) is 7.08. The van der Waals surface area contributed by atoms with Gasteiger partial charge in [-0.25, -0.2) is 4.79 Å². The third kappa shape index (κ3) is 5.83. The summed E-state index contributed by atoms with van der Waals surface area (Å²) in [6, 6.07) is 6.56. The highest BCUT2D eigenvalue weighted by atomic mass is 16.6. The van der Waals surface area contributed by atoms with Gasteiger partial charge in [-0.1, -0.05) is 24.3 Å². The Labute approximate surface area is 123 Å². The lowest BCUT2D eigenvalue weighted by Gasteiger charge is -2.21. The van der Waals surface area contributed by atoms with E-state index >= 15 is 0 Å². The summed E-state index contributed by atoms with van der Waals surface area (Å²) in [6.45, 7) is 5.02. The van der Waals surface area contributed by atoms with Gasteiger partial charge in [-0.2, -0.15) is 0 Å². The molecule has 1 atom stereocenters. The summed E-state index contributed by atoms with van der Waals surface area (Å²) in [4.78, 5) is 22.9.